The minimum Gasteiger partial charge on any atom is -0.365 e. The maximum atomic E-state index is 12.5. The van der Waals surface area contributed by atoms with Crippen LogP contribution in [0.3, 0.4) is 0 Å². The van der Waals surface area contributed by atoms with E-state index in [9.17, 15) is 18.0 Å². The summed E-state index contributed by atoms with van der Waals surface area (Å²) < 4.78 is 27.4. The average Bonchev–Trinajstić information content (AvgIpc) is 3.21. The lowest BCUT2D eigenvalue weighted by Gasteiger charge is -2.27. The molecule has 0 unspecified atom stereocenters. The summed E-state index contributed by atoms with van der Waals surface area (Å²) in [4.78, 5) is 23.9. The van der Waals surface area contributed by atoms with Crippen LogP contribution in [0, 0.1) is 18.8 Å². The fourth-order valence-corrected chi connectivity index (χ4v) is 5.87. The summed E-state index contributed by atoms with van der Waals surface area (Å²) in [6.45, 7) is 2.20. The first-order chi connectivity index (χ1) is 14.2. The number of anilines is 1. The van der Waals surface area contributed by atoms with E-state index >= 15 is 0 Å². The zero-order chi connectivity index (χ0) is 21.9. The van der Waals surface area contributed by atoms with Gasteiger partial charge >= 0.3 is 0 Å². The van der Waals surface area contributed by atoms with Gasteiger partial charge in [-0.3, -0.25) is 9.59 Å². The molecule has 1 aliphatic carbocycles. The van der Waals surface area contributed by atoms with E-state index in [0.717, 1.165) is 29.7 Å². The molecule has 1 aromatic carbocycles. The lowest BCUT2D eigenvalue weighted by molar-refractivity contribution is -0.121. The number of primary amides is 1. The number of thiophene rings is 1. The summed E-state index contributed by atoms with van der Waals surface area (Å²) in [5.41, 5.74) is 6.81. The van der Waals surface area contributed by atoms with Crippen molar-refractivity contribution >= 4 is 50.5 Å². The van der Waals surface area contributed by atoms with Crippen LogP contribution >= 0.6 is 22.9 Å². The van der Waals surface area contributed by atoms with Gasteiger partial charge in [0.25, 0.3) is 5.91 Å². The van der Waals surface area contributed by atoms with Crippen molar-refractivity contribution in [1.82, 2.24) is 4.72 Å². The van der Waals surface area contributed by atoms with Gasteiger partial charge in [0.1, 0.15) is 0 Å². The van der Waals surface area contributed by atoms with Crippen LogP contribution in [0.15, 0.2) is 34.5 Å². The number of nitrogens with two attached hydrogens (primary N) is 1. The van der Waals surface area contributed by atoms with Crippen LogP contribution in [-0.2, 0) is 14.8 Å². The molecule has 10 heteroatoms. The lowest BCUT2D eigenvalue weighted by Crippen LogP contribution is -2.33. The summed E-state index contributed by atoms with van der Waals surface area (Å²) in [6.07, 6.45) is 2.90. The zero-order valence-electron chi connectivity index (χ0n) is 16.5. The Kier molecular flexibility index (Phi) is 7.18. The Balaban J connectivity index is 1.48. The van der Waals surface area contributed by atoms with Gasteiger partial charge in [-0.05, 0) is 62.3 Å². The molecule has 2 aromatic rings. The maximum Gasteiger partial charge on any atom is 0.258 e. The largest absolute Gasteiger partial charge is 0.365 e. The van der Waals surface area contributed by atoms with Crippen molar-refractivity contribution in [2.45, 2.75) is 37.5 Å². The average molecular weight is 470 g/mol. The third kappa shape index (κ3) is 5.60. The van der Waals surface area contributed by atoms with E-state index in [0.29, 0.717) is 30.1 Å². The standard InChI is InChI=1S/C20H24ClN3O4S2/c1-12-2-7-15(8-17(12)21)24-20(26)14-5-3-13(4-6-14)10-23-30(27,28)16-9-18(19(22)25)29-11-16/h2,7-9,11,13-14,23H,3-6,10H2,1H3,(H2,22,25)(H,24,26). The van der Waals surface area contributed by atoms with E-state index < -0.39 is 15.9 Å². The van der Waals surface area contributed by atoms with Gasteiger partial charge in [-0.1, -0.05) is 17.7 Å². The van der Waals surface area contributed by atoms with E-state index in [2.05, 4.69) is 10.0 Å². The van der Waals surface area contributed by atoms with Gasteiger partial charge in [0.2, 0.25) is 15.9 Å². The van der Waals surface area contributed by atoms with E-state index in [1.165, 1.54) is 11.4 Å². The lowest BCUT2D eigenvalue weighted by atomic mass is 9.81. The first kappa shape index (κ1) is 22.7. The minimum absolute atomic E-state index is 0.0359. The summed E-state index contributed by atoms with van der Waals surface area (Å²) in [5, 5.41) is 4.92. The Morgan fingerprint density at radius 2 is 1.90 bits per heavy atom. The van der Waals surface area contributed by atoms with Crippen LogP contribution in [0.1, 0.15) is 40.9 Å². The third-order valence-corrected chi connectivity index (χ3v) is 8.25. The van der Waals surface area contributed by atoms with Crippen molar-refractivity contribution in [3.8, 4) is 0 Å². The molecular weight excluding hydrogens is 446 g/mol. The molecule has 1 heterocycles. The minimum atomic E-state index is -3.69. The number of halogens is 1. The Labute approximate surface area is 185 Å². The molecule has 0 spiro atoms. The van der Waals surface area contributed by atoms with Gasteiger partial charge in [0.15, 0.2) is 0 Å². The Morgan fingerprint density at radius 3 is 2.50 bits per heavy atom. The molecule has 0 saturated heterocycles. The van der Waals surface area contributed by atoms with E-state index in [-0.39, 0.29) is 27.5 Å². The van der Waals surface area contributed by atoms with Crippen molar-refractivity contribution in [2.24, 2.45) is 17.6 Å². The molecule has 30 heavy (non-hydrogen) atoms. The molecule has 1 saturated carbocycles. The molecule has 1 aliphatic rings. The van der Waals surface area contributed by atoms with Crippen LogP contribution in [0.25, 0.3) is 0 Å². The Morgan fingerprint density at radius 1 is 1.20 bits per heavy atom. The maximum absolute atomic E-state index is 12.5. The fourth-order valence-electron chi connectivity index (χ4n) is 3.44. The molecule has 4 N–H and O–H groups in total. The normalized spacial score (nSPS) is 19.4. The number of hydrogen-bond donors (Lipinski definition) is 3. The molecule has 0 aliphatic heterocycles. The number of amides is 2. The second-order valence-corrected chi connectivity index (χ2v) is 10.6. The predicted molar refractivity (Wildman–Crippen MR) is 118 cm³/mol. The highest BCUT2D eigenvalue weighted by atomic mass is 35.5. The molecule has 1 fully saturated rings. The summed E-state index contributed by atoms with van der Waals surface area (Å²) >= 11 is 7.11. The number of carbonyl (C=O) groups is 2. The van der Waals surface area contributed by atoms with Gasteiger partial charge in [-0.2, -0.15) is 0 Å². The monoisotopic (exact) mass is 469 g/mol. The second-order valence-electron chi connectivity index (χ2n) is 7.53. The molecule has 2 amide bonds. The Bertz CT molecular complexity index is 1040. The third-order valence-electron chi connectivity index (χ3n) is 5.35. The molecule has 3 rings (SSSR count). The fraction of sp³-hybridized carbons (Fsp3) is 0.400. The van der Waals surface area contributed by atoms with Crippen LogP contribution in [0.2, 0.25) is 5.02 Å². The second kappa shape index (κ2) is 9.47. The highest BCUT2D eigenvalue weighted by molar-refractivity contribution is 7.89. The summed E-state index contributed by atoms with van der Waals surface area (Å²) in [6, 6.07) is 6.71. The number of aryl methyl sites for hydroxylation is 1. The molecular formula is C20H24ClN3O4S2. The van der Waals surface area contributed by atoms with Crippen molar-refractivity contribution < 1.29 is 18.0 Å². The van der Waals surface area contributed by atoms with Gasteiger partial charge in [-0.25, -0.2) is 13.1 Å². The molecule has 162 valence electrons. The number of sulfonamides is 1. The van der Waals surface area contributed by atoms with E-state index in [1.807, 2.05) is 19.1 Å². The molecule has 1 aromatic heterocycles. The van der Waals surface area contributed by atoms with Crippen LogP contribution in [0.4, 0.5) is 5.69 Å². The van der Waals surface area contributed by atoms with Gasteiger partial charge in [0, 0.05) is 28.6 Å². The van der Waals surface area contributed by atoms with Crippen LogP contribution < -0.4 is 15.8 Å². The number of rotatable bonds is 7. The topological polar surface area (TPSA) is 118 Å². The number of nitrogens with one attached hydrogen (secondary N) is 2. The molecule has 0 atom stereocenters. The molecule has 0 radical (unpaired) electrons. The molecule has 0 bridgehead atoms. The van der Waals surface area contributed by atoms with Crippen molar-refractivity contribution in [2.75, 3.05) is 11.9 Å². The highest BCUT2D eigenvalue weighted by Crippen LogP contribution is 2.30. The predicted octanol–water partition coefficient (Wildman–Crippen LogP) is 3.53. The van der Waals surface area contributed by atoms with Gasteiger partial charge < -0.3 is 11.1 Å². The van der Waals surface area contributed by atoms with Gasteiger partial charge in [0.05, 0.1) is 9.77 Å². The number of benzene rings is 1. The summed E-state index contributed by atoms with van der Waals surface area (Å²) in [7, 11) is -3.69. The molecule has 7 nitrogen and oxygen atoms in total. The number of carbonyl (C=O) groups excluding carboxylic acids is 2. The zero-order valence-corrected chi connectivity index (χ0v) is 18.9. The first-order valence-corrected chi connectivity index (χ1v) is 12.3. The van der Waals surface area contributed by atoms with Gasteiger partial charge in [-0.15, -0.1) is 11.3 Å². The van der Waals surface area contributed by atoms with Crippen LogP contribution in [0.5, 0.6) is 0 Å². The smallest absolute Gasteiger partial charge is 0.258 e. The van der Waals surface area contributed by atoms with Crippen molar-refractivity contribution in [3.63, 3.8) is 0 Å². The SMILES string of the molecule is Cc1ccc(NC(=O)C2CCC(CNS(=O)(=O)c3csc(C(N)=O)c3)CC2)cc1Cl. The number of hydrogen-bond acceptors (Lipinski definition) is 5. The Hall–Kier alpha value is -1.94. The first-order valence-electron chi connectivity index (χ1n) is 9.60. The quantitative estimate of drug-likeness (QED) is 0.574. The van der Waals surface area contributed by atoms with Crippen molar-refractivity contribution in [1.29, 1.82) is 0 Å². The van der Waals surface area contributed by atoms with E-state index in [1.54, 1.807) is 6.07 Å². The van der Waals surface area contributed by atoms with Crippen LogP contribution in [-0.4, -0.2) is 26.8 Å². The van der Waals surface area contributed by atoms with Crippen molar-refractivity contribution in [3.05, 3.63) is 45.1 Å². The highest BCUT2D eigenvalue weighted by Gasteiger charge is 2.28. The summed E-state index contributed by atoms with van der Waals surface area (Å²) in [5.74, 6) is -0.628. The van der Waals surface area contributed by atoms with E-state index in [4.69, 9.17) is 17.3 Å².